The lowest BCUT2D eigenvalue weighted by molar-refractivity contribution is -0.324. The second kappa shape index (κ2) is 19.0. The molecule has 0 radical (unpaired) electrons. The summed E-state index contributed by atoms with van der Waals surface area (Å²) in [7, 11) is 0. The van der Waals surface area contributed by atoms with Crippen LogP contribution in [0.5, 0.6) is 0 Å². The van der Waals surface area contributed by atoms with Gasteiger partial charge in [0.05, 0.1) is 30.4 Å². The van der Waals surface area contributed by atoms with Crippen LogP contribution in [0.15, 0.2) is 48.6 Å². The Morgan fingerprint density at radius 3 is 1.37 bits per heavy atom. The van der Waals surface area contributed by atoms with Crippen LogP contribution in [-0.4, -0.2) is 87.3 Å². The molecule has 12 nitrogen and oxygen atoms in total. The SMILES string of the molecule is C=C(C)C(=O)OCC(COC(C)C)OC(=O)NC(C)(C)c1cccc(C(C)(C)NC(=O)OC(COC(=O)C(=C)C)COC(C(F)(F)F)C(F)(F)F)c1. The van der Waals surface area contributed by atoms with Crippen molar-refractivity contribution in [3.05, 3.63) is 59.7 Å². The van der Waals surface area contributed by atoms with Crippen molar-refractivity contribution < 1.29 is 73.9 Å². The summed E-state index contributed by atoms with van der Waals surface area (Å²) in [5.74, 6) is -1.72. The zero-order chi connectivity index (χ0) is 40.2. The largest absolute Gasteiger partial charge is 0.458 e. The minimum absolute atomic E-state index is 0.0744. The van der Waals surface area contributed by atoms with E-state index in [1.165, 1.54) is 27.7 Å². The van der Waals surface area contributed by atoms with Crippen molar-refractivity contribution in [2.45, 2.75) is 103 Å². The number of carbonyl (C=O) groups excluding carboxylic acids is 4. The lowest BCUT2D eigenvalue weighted by atomic mass is 9.87. The van der Waals surface area contributed by atoms with Gasteiger partial charge >= 0.3 is 36.5 Å². The molecular weight excluding hydrogens is 710 g/mol. The first kappa shape index (κ1) is 45.7. The molecule has 18 heteroatoms. The number of rotatable bonds is 18. The number of hydrogen-bond acceptors (Lipinski definition) is 10. The second-order valence-corrected chi connectivity index (χ2v) is 13.1. The lowest BCUT2D eigenvalue weighted by Crippen LogP contribution is -2.48. The number of alkyl halides is 6. The van der Waals surface area contributed by atoms with Crippen molar-refractivity contribution in [2.24, 2.45) is 0 Å². The molecule has 1 rings (SSSR count). The van der Waals surface area contributed by atoms with E-state index < -0.39 is 79.1 Å². The highest BCUT2D eigenvalue weighted by Gasteiger charge is 2.58. The van der Waals surface area contributed by atoms with Gasteiger partial charge in [-0.25, -0.2) is 19.2 Å². The Morgan fingerprint density at radius 2 is 1.04 bits per heavy atom. The minimum atomic E-state index is -5.84. The van der Waals surface area contributed by atoms with Gasteiger partial charge in [-0.05, 0) is 66.5 Å². The summed E-state index contributed by atoms with van der Waals surface area (Å²) in [6.45, 7) is 16.6. The van der Waals surface area contributed by atoms with Crippen LogP contribution < -0.4 is 10.6 Å². The van der Waals surface area contributed by atoms with Gasteiger partial charge in [0.2, 0.25) is 6.10 Å². The molecule has 294 valence electrons. The van der Waals surface area contributed by atoms with E-state index in [9.17, 15) is 45.5 Å². The molecule has 52 heavy (non-hydrogen) atoms. The maximum atomic E-state index is 13.0. The van der Waals surface area contributed by atoms with Crippen molar-refractivity contribution in [3.8, 4) is 0 Å². The number of alkyl carbamates (subject to hydrolysis) is 2. The van der Waals surface area contributed by atoms with Crippen molar-refractivity contribution in [3.63, 3.8) is 0 Å². The molecule has 0 spiro atoms. The molecule has 0 bridgehead atoms. The van der Waals surface area contributed by atoms with Crippen molar-refractivity contribution in [1.29, 1.82) is 0 Å². The second-order valence-electron chi connectivity index (χ2n) is 13.1. The summed E-state index contributed by atoms with van der Waals surface area (Å²) in [4.78, 5) is 49.5. The standard InChI is InChI=1S/C34H46F6N2O10/c1-19(2)26(43)48-16-24(15-47-21(5)6)51-29(45)41-31(7,8)22-12-11-13-23(14-22)32(9,10)42-30(46)52-25(17-49-27(44)20(3)4)18-50-28(33(35,36)37)34(38,39)40/h11-14,21,24-25,28H,1,3,15-18H2,2,4-10H3,(H,41,45)(H,42,46). The van der Waals surface area contributed by atoms with E-state index in [-0.39, 0.29) is 30.5 Å². The Bertz CT molecular complexity index is 1410. The monoisotopic (exact) mass is 756 g/mol. The van der Waals surface area contributed by atoms with E-state index in [0.29, 0.717) is 11.1 Å². The van der Waals surface area contributed by atoms with E-state index >= 15 is 0 Å². The van der Waals surface area contributed by atoms with Crippen LogP contribution >= 0.6 is 0 Å². The third kappa shape index (κ3) is 15.9. The third-order valence-corrected chi connectivity index (χ3v) is 6.84. The summed E-state index contributed by atoms with van der Waals surface area (Å²) < 4.78 is 108. The van der Waals surface area contributed by atoms with Crippen LogP contribution in [0, 0.1) is 0 Å². The quantitative estimate of drug-likeness (QED) is 0.0735. The van der Waals surface area contributed by atoms with Crippen molar-refractivity contribution in [2.75, 3.05) is 26.4 Å². The van der Waals surface area contributed by atoms with Crippen LogP contribution in [0.4, 0.5) is 35.9 Å². The number of halogens is 6. The van der Waals surface area contributed by atoms with E-state index in [0.717, 1.165) is 0 Å². The Kier molecular flexibility index (Phi) is 16.7. The first-order chi connectivity index (χ1) is 23.7. The highest BCUT2D eigenvalue weighted by atomic mass is 19.4. The van der Waals surface area contributed by atoms with E-state index in [2.05, 4.69) is 28.5 Å². The molecule has 0 saturated heterocycles. The van der Waals surface area contributed by atoms with Gasteiger partial charge in [-0.15, -0.1) is 0 Å². The number of ether oxygens (including phenoxy) is 6. The number of nitrogens with one attached hydrogen (secondary N) is 2. The van der Waals surface area contributed by atoms with Crippen molar-refractivity contribution >= 4 is 24.1 Å². The number of amides is 2. The minimum Gasteiger partial charge on any atom is -0.458 e. The smallest absolute Gasteiger partial charge is 0.423 e. The number of carbonyl (C=O) groups is 4. The highest BCUT2D eigenvalue weighted by Crippen LogP contribution is 2.36. The van der Waals surface area contributed by atoms with Crippen LogP contribution in [0.2, 0.25) is 0 Å². The fourth-order valence-corrected chi connectivity index (χ4v) is 4.01. The topological polar surface area (TPSA) is 148 Å². The number of hydrogen-bond donors (Lipinski definition) is 2. The molecular formula is C34H46F6N2O10. The van der Waals surface area contributed by atoms with Gasteiger partial charge in [0.25, 0.3) is 0 Å². The van der Waals surface area contributed by atoms with Gasteiger partial charge in [0.15, 0.2) is 12.2 Å². The van der Waals surface area contributed by atoms with Gasteiger partial charge in [-0.3, -0.25) is 0 Å². The Hall–Kier alpha value is -4.32. The zero-order valence-corrected chi connectivity index (χ0v) is 30.2. The number of benzene rings is 1. The molecule has 2 atom stereocenters. The molecule has 1 aromatic carbocycles. The predicted molar refractivity (Wildman–Crippen MR) is 174 cm³/mol. The normalized spacial score (nSPS) is 13.5. The first-order valence-electron chi connectivity index (χ1n) is 15.8. The van der Waals surface area contributed by atoms with Gasteiger partial charge in [0.1, 0.15) is 13.2 Å². The Labute approximate surface area is 298 Å². The van der Waals surface area contributed by atoms with Gasteiger partial charge in [-0.1, -0.05) is 37.4 Å². The molecule has 2 amide bonds. The van der Waals surface area contributed by atoms with Gasteiger partial charge < -0.3 is 39.1 Å². The average Bonchev–Trinajstić information content (AvgIpc) is 2.98. The average molecular weight is 757 g/mol. The van der Waals surface area contributed by atoms with Crippen LogP contribution in [0.25, 0.3) is 0 Å². The van der Waals surface area contributed by atoms with E-state index in [4.69, 9.17) is 23.7 Å². The Morgan fingerprint density at radius 1 is 0.673 bits per heavy atom. The van der Waals surface area contributed by atoms with Crippen LogP contribution in [0.1, 0.15) is 66.5 Å². The fraction of sp³-hybridized carbons (Fsp3) is 0.588. The van der Waals surface area contributed by atoms with Crippen molar-refractivity contribution in [1.82, 2.24) is 10.6 Å². The van der Waals surface area contributed by atoms with Gasteiger partial charge in [0, 0.05) is 11.1 Å². The molecule has 0 heterocycles. The van der Waals surface area contributed by atoms with Crippen LogP contribution in [-0.2, 0) is 49.1 Å². The summed E-state index contributed by atoms with van der Waals surface area (Å²) in [6, 6.07) is 6.47. The fourth-order valence-electron chi connectivity index (χ4n) is 4.01. The molecule has 0 fully saturated rings. The molecule has 0 saturated carbocycles. The highest BCUT2D eigenvalue weighted by molar-refractivity contribution is 5.87. The predicted octanol–water partition coefficient (Wildman–Crippen LogP) is 6.52. The van der Waals surface area contributed by atoms with Crippen LogP contribution in [0.3, 0.4) is 0 Å². The summed E-state index contributed by atoms with van der Waals surface area (Å²) in [6.07, 6.45) is -21.1. The van der Waals surface area contributed by atoms with Gasteiger partial charge in [-0.2, -0.15) is 26.3 Å². The molecule has 1 aromatic rings. The lowest BCUT2D eigenvalue weighted by Gasteiger charge is -2.32. The molecule has 0 aliphatic heterocycles. The molecule has 0 aliphatic rings. The molecule has 2 N–H and O–H groups in total. The summed E-state index contributed by atoms with van der Waals surface area (Å²) >= 11 is 0. The summed E-state index contributed by atoms with van der Waals surface area (Å²) in [5.41, 5.74) is -1.45. The maximum Gasteiger partial charge on any atom is 0.423 e. The number of esters is 2. The zero-order valence-electron chi connectivity index (χ0n) is 30.2. The summed E-state index contributed by atoms with van der Waals surface area (Å²) in [5, 5.41) is 5.18. The Balaban J connectivity index is 3.12. The van der Waals surface area contributed by atoms with E-state index in [1.54, 1.807) is 52.0 Å². The first-order valence-corrected chi connectivity index (χ1v) is 15.8. The molecule has 0 aromatic heterocycles. The third-order valence-electron chi connectivity index (χ3n) is 6.84. The molecule has 0 aliphatic carbocycles. The molecule has 2 unspecified atom stereocenters. The maximum absolute atomic E-state index is 13.0. The van der Waals surface area contributed by atoms with E-state index in [1.807, 2.05) is 0 Å².